The lowest BCUT2D eigenvalue weighted by molar-refractivity contribution is -0.247. The summed E-state index contributed by atoms with van der Waals surface area (Å²) in [6, 6.07) is 0. The van der Waals surface area contributed by atoms with Crippen LogP contribution in [0.1, 0.15) is 99.8 Å². The molecule has 0 saturated heterocycles. The van der Waals surface area contributed by atoms with Crippen LogP contribution in [0, 0.1) is 50.7 Å². The third kappa shape index (κ3) is 2.90. The van der Waals surface area contributed by atoms with E-state index in [0.29, 0.717) is 25.2 Å². The molecule has 4 saturated carbocycles. The van der Waals surface area contributed by atoms with Gasteiger partial charge in [-0.2, -0.15) is 0 Å². The average Bonchev–Trinajstić information content (AvgIpc) is 2.74. The van der Waals surface area contributed by atoms with Crippen LogP contribution >= 0.6 is 0 Å². The van der Waals surface area contributed by atoms with Crippen molar-refractivity contribution in [2.24, 2.45) is 50.7 Å². The van der Waals surface area contributed by atoms with Crippen molar-refractivity contribution in [3.8, 4) is 0 Å². The molecule has 35 heavy (non-hydrogen) atoms. The van der Waals surface area contributed by atoms with Crippen LogP contribution in [-0.4, -0.2) is 44.2 Å². The van der Waals surface area contributed by atoms with Crippen molar-refractivity contribution in [2.45, 2.75) is 118 Å². The van der Waals surface area contributed by atoms with Crippen molar-refractivity contribution >= 4 is 5.97 Å². The number of rotatable bonds is 1. The summed E-state index contributed by atoms with van der Waals surface area (Å²) in [5, 5.41) is 45.1. The second kappa shape index (κ2) is 7.35. The van der Waals surface area contributed by atoms with Crippen molar-refractivity contribution in [3.05, 3.63) is 11.6 Å². The first kappa shape index (κ1) is 25.7. The lowest BCUT2D eigenvalue weighted by atomic mass is 9.32. The molecule has 0 aromatic carbocycles. The number of hydrogen-bond acceptors (Lipinski definition) is 4. The van der Waals surface area contributed by atoms with Gasteiger partial charge in [-0.1, -0.05) is 53.2 Å². The number of fused-ring (bicyclic) bond motifs is 7. The fourth-order valence-corrected chi connectivity index (χ4v) is 11.0. The molecule has 0 spiro atoms. The minimum Gasteiger partial charge on any atom is -0.481 e. The Kier molecular flexibility index (Phi) is 5.40. The highest BCUT2D eigenvalue weighted by Crippen LogP contribution is 2.76. The topological polar surface area (TPSA) is 98.0 Å². The lowest BCUT2D eigenvalue weighted by Gasteiger charge is -2.72. The highest BCUT2D eigenvalue weighted by Gasteiger charge is 2.72. The summed E-state index contributed by atoms with van der Waals surface area (Å²) >= 11 is 0. The smallest absolute Gasteiger partial charge is 0.310 e. The zero-order valence-electron chi connectivity index (χ0n) is 22.9. The fraction of sp³-hybridized carbons (Fsp3) is 0.900. The van der Waals surface area contributed by atoms with Gasteiger partial charge in [0.15, 0.2) is 0 Å². The van der Waals surface area contributed by atoms with Gasteiger partial charge in [0.25, 0.3) is 0 Å². The van der Waals surface area contributed by atoms with E-state index in [1.54, 1.807) is 0 Å². The number of aliphatic hydroxyl groups is 3. The minimum atomic E-state index is -1.08. The van der Waals surface area contributed by atoms with Crippen LogP contribution in [0.4, 0.5) is 0 Å². The van der Waals surface area contributed by atoms with Crippen molar-refractivity contribution in [3.63, 3.8) is 0 Å². The maximum atomic E-state index is 12.8. The monoisotopic (exact) mass is 488 g/mol. The van der Waals surface area contributed by atoms with Crippen molar-refractivity contribution in [1.82, 2.24) is 0 Å². The molecule has 198 valence electrons. The molecule has 0 radical (unpaired) electrons. The summed E-state index contributed by atoms with van der Waals surface area (Å²) in [7, 11) is 0. The first-order chi connectivity index (χ1) is 16.0. The summed E-state index contributed by atoms with van der Waals surface area (Å²) in [5.74, 6) is -0.765. The number of allylic oxidation sites excluding steroid dienone is 1. The zero-order chi connectivity index (χ0) is 26.0. The molecule has 5 heteroatoms. The van der Waals surface area contributed by atoms with Crippen LogP contribution in [0.2, 0.25) is 0 Å². The van der Waals surface area contributed by atoms with E-state index in [2.05, 4.69) is 47.6 Å². The maximum absolute atomic E-state index is 12.8. The Morgan fingerprint density at radius 2 is 1.63 bits per heavy atom. The predicted molar refractivity (Wildman–Crippen MR) is 135 cm³/mol. The van der Waals surface area contributed by atoms with Gasteiger partial charge < -0.3 is 20.4 Å². The summed E-state index contributed by atoms with van der Waals surface area (Å²) in [6.07, 6.45) is 7.27. The van der Waals surface area contributed by atoms with Gasteiger partial charge in [0.05, 0.1) is 23.2 Å². The molecule has 0 aromatic heterocycles. The molecule has 5 rings (SSSR count). The van der Waals surface area contributed by atoms with Gasteiger partial charge in [0.2, 0.25) is 0 Å². The second-order valence-electron chi connectivity index (χ2n) is 14.9. The molecular formula is C30H48O5. The largest absolute Gasteiger partial charge is 0.481 e. The van der Waals surface area contributed by atoms with Crippen LogP contribution in [0.5, 0.6) is 0 Å². The van der Waals surface area contributed by atoms with Crippen LogP contribution in [0.3, 0.4) is 0 Å². The van der Waals surface area contributed by atoms with Gasteiger partial charge in [0.1, 0.15) is 0 Å². The highest BCUT2D eigenvalue weighted by molar-refractivity contribution is 5.77. The molecule has 5 aliphatic rings. The Bertz CT molecular complexity index is 952. The normalized spacial score (nSPS) is 57.1. The third-order valence-electron chi connectivity index (χ3n) is 13.3. The fourth-order valence-electron chi connectivity index (χ4n) is 11.0. The van der Waals surface area contributed by atoms with Crippen molar-refractivity contribution < 1.29 is 25.2 Å². The predicted octanol–water partition coefficient (Wildman–Crippen LogP) is 5.18. The Morgan fingerprint density at radius 1 is 0.971 bits per heavy atom. The van der Waals surface area contributed by atoms with E-state index in [0.717, 1.165) is 37.7 Å². The van der Waals surface area contributed by atoms with Gasteiger partial charge in [-0.15, -0.1) is 0 Å². The van der Waals surface area contributed by atoms with Crippen LogP contribution in [-0.2, 0) is 4.79 Å². The van der Waals surface area contributed by atoms with Crippen LogP contribution in [0.15, 0.2) is 11.6 Å². The molecule has 0 heterocycles. The molecule has 0 amide bonds. The minimum absolute atomic E-state index is 0.0230. The van der Waals surface area contributed by atoms with Gasteiger partial charge >= 0.3 is 5.97 Å². The highest BCUT2D eigenvalue weighted by atomic mass is 16.4. The van der Waals surface area contributed by atoms with E-state index in [-0.39, 0.29) is 33.5 Å². The molecule has 0 bridgehead atoms. The number of carboxylic acids is 1. The molecule has 5 nitrogen and oxygen atoms in total. The standard InChI is InChI=1S/C30H48O5/c1-17-10-13-30(24(33)34)15-14-27(5)18(22(30)29(17,7)35)8-9-20-26(4)12-11-21(32)25(2,3)23(26)19(31)16-28(20,27)6/h8,17,19-23,31-32,35H,9-16H2,1-7H3,(H,33,34)/t17-,19?,20?,21+,22-,23?,26-,27-,28-,29-,30+/m1/s1. The molecule has 11 atom stereocenters. The molecule has 0 aromatic rings. The molecule has 4 N–H and O–H groups in total. The summed E-state index contributed by atoms with van der Waals surface area (Å²) in [4.78, 5) is 12.8. The van der Waals surface area contributed by atoms with Crippen LogP contribution < -0.4 is 0 Å². The van der Waals surface area contributed by atoms with Gasteiger partial charge in [-0.25, -0.2) is 0 Å². The Labute approximate surface area is 211 Å². The number of hydrogen-bond donors (Lipinski definition) is 4. The first-order valence-electron chi connectivity index (χ1n) is 14.0. The summed E-state index contributed by atoms with van der Waals surface area (Å²) in [6.45, 7) is 15.2. The third-order valence-corrected chi connectivity index (χ3v) is 13.3. The number of carbonyl (C=O) groups is 1. The van der Waals surface area contributed by atoms with E-state index < -0.39 is 35.1 Å². The van der Waals surface area contributed by atoms with Gasteiger partial charge in [0, 0.05) is 5.92 Å². The molecule has 5 aliphatic carbocycles. The summed E-state index contributed by atoms with van der Waals surface area (Å²) in [5.41, 5.74) is -1.80. The molecule has 0 aliphatic heterocycles. The molecule has 4 fully saturated rings. The lowest BCUT2D eigenvalue weighted by Crippen LogP contribution is -2.70. The van der Waals surface area contributed by atoms with E-state index in [1.165, 1.54) is 0 Å². The Morgan fingerprint density at radius 3 is 2.26 bits per heavy atom. The number of aliphatic carboxylic acids is 1. The van der Waals surface area contributed by atoms with E-state index >= 15 is 0 Å². The van der Waals surface area contributed by atoms with E-state index in [1.807, 2.05) is 6.92 Å². The van der Waals surface area contributed by atoms with Crippen molar-refractivity contribution in [1.29, 1.82) is 0 Å². The number of carboxylic acid groups (broad SMARTS) is 1. The number of aliphatic hydroxyl groups excluding tert-OH is 2. The van der Waals surface area contributed by atoms with Crippen LogP contribution in [0.25, 0.3) is 0 Å². The van der Waals surface area contributed by atoms with Gasteiger partial charge in [-0.05, 0) is 97.7 Å². The van der Waals surface area contributed by atoms with Crippen molar-refractivity contribution in [2.75, 3.05) is 0 Å². The zero-order valence-corrected chi connectivity index (χ0v) is 22.9. The Balaban J connectivity index is 1.67. The molecule has 3 unspecified atom stereocenters. The van der Waals surface area contributed by atoms with E-state index in [9.17, 15) is 25.2 Å². The molecular weight excluding hydrogens is 440 g/mol. The maximum Gasteiger partial charge on any atom is 0.310 e. The second-order valence-corrected chi connectivity index (χ2v) is 14.9. The first-order valence-corrected chi connectivity index (χ1v) is 14.0. The van der Waals surface area contributed by atoms with Gasteiger partial charge in [-0.3, -0.25) is 4.79 Å². The summed E-state index contributed by atoms with van der Waals surface area (Å²) < 4.78 is 0. The SMILES string of the molecule is C[C@@H]1CC[C@]2(C(=O)O)CC[C@]3(C)C(=CCC4[C@@]5(C)CC[C@H](O)C(C)(C)C5C(O)C[C@]43C)[C@@H]2[C@]1(C)O. The van der Waals surface area contributed by atoms with E-state index in [4.69, 9.17) is 0 Å². The Hall–Kier alpha value is -0.910. The average molecular weight is 489 g/mol. The quantitative estimate of drug-likeness (QED) is 0.382.